The van der Waals surface area contributed by atoms with E-state index in [1.54, 1.807) is 6.92 Å². The molecule has 94 valence electrons. The summed E-state index contributed by atoms with van der Waals surface area (Å²) in [6.07, 6.45) is 0.901. The molecule has 1 atom stereocenters. The van der Waals surface area contributed by atoms with E-state index in [1.165, 1.54) is 0 Å². The third-order valence-electron chi connectivity index (χ3n) is 2.81. The highest BCUT2D eigenvalue weighted by atomic mass is 32.2. The summed E-state index contributed by atoms with van der Waals surface area (Å²) in [5.74, 6) is -1.38. The third kappa shape index (κ3) is 2.33. The molecule has 1 aliphatic heterocycles. The summed E-state index contributed by atoms with van der Waals surface area (Å²) in [6, 6.07) is 0. The van der Waals surface area contributed by atoms with Gasteiger partial charge < -0.3 is 9.52 Å². The topological polar surface area (TPSA) is 97.5 Å². The molecule has 0 saturated carbocycles. The first-order chi connectivity index (χ1) is 7.93. The Morgan fingerprint density at radius 3 is 2.76 bits per heavy atom. The van der Waals surface area contributed by atoms with Crippen LogP contribution in [0.4, 0.5) is 0 Å². The minimum absolute atomic E-state index is 0.0387. The molecule has 0 bridgehead atoms. The SMILES string of the molecule is CCc1nc(C2CCS(=O)(=O)C2)c(C(=O)O)o1. The predicted molar refractivity (Wildman–Crippen MR) is 58.9 cm³/mol. The highest BCUT2D eigenvalue weighted by Crippen LogP contribution is 2.31. The van der Waals surface area contributed by atoms with Crippen molar-refractivity contribution in [3.05, 3.63) is 17.3 Å². The summed E-state index contributed by atoms with van der Waals surface area (Å²) in [4.78, 5) is 15.1. The molecule has 1 aromatic heterocycles. The van der Waals surface area contributed by atoms with Gasteiger partial charge in [-0.05, 0) is 6.42 Å². The second-order valence-corrected chi connectivity index (χ2v) is 6.31. The van der Waals surface area contributed by atoms with Gasteiger partial charge in [0.05, 0.1) is 17.2 Å². The lowest BCUT2D eigenvalue weighted by Crippen LogP contribution is -2.08. The second kappa shape index (κ2) is 4.14. The van der Waals surface area contributed by atoms with Crippen LogP contribution in [0.15, 0.2) is 4.42 Å². The molecule has 7 heteroatoms. The van der Waals surface area contributed by atoms with Crippen LogP contribution >= 0.6 is 0 Å². The number of carboxylic acid groups (broad SMARTS) is 1. The minimum atomic E-state index is -3.06. The van der Waals surface area contributed by atoms with Gasteiger partial charge in [-0.25, -0.2) is 18.2 Å². The molecule has 0 aromatic carbocycles. The van der Waals surface area contributed by atoms with Crippen LogP contribution in [0.5, 0.6) is 0 Å². The predicted octanol–water partition coefficient (Wildman–Crippen LogP) is 0.837. The Hall–Kier alpha value is -1.37. The molecule has 2 rings (SSSR count). The number of rotatable bonds is 3. The maximum absolute atomic E-state index is 11.4. The summed E-state index contributed by atoms with van der Waals surface area (Å²) in [5, 5.41) is 8.98. The lowest BCUT2D eigenvalue weighted by molar-refractivity contribution is 0.0658. The van der Waals surface area contributed by atoms with E-state index in [-0.39, 0.29) is 28.9 Å². The Morgan fingerprint density at radius 2 is 2.29 bits per heavy atom. The standard InChI is InChI=1S/C10H13NO5S/c1-2-7-11-8(9(16-7)10(12)13)6-3-4-17(14,15)5-6/h6H,2-5H2,1H3,(H,12,13). The molecule has 1 fully saturated rings. The quantitative estimate of drug-likeness (QED) is 0.863. The first-order valence-electron chi connectivity index (χ1n) is 5.36. The van der Waals surface area contributed by atoms with Gasteiger partial charge in [-0.1, -0.05) is 6.92 Å². The molecule has 0 spiro atoms. The van der Waals surface area contributed by atoms with Crippen LogP contribution in [0.3, 0.4) is 0 Å². The largest absolute Gasteiger partial charge is 0.475 e. The van der Waals surface area contributed by atoms with E-state index < -0.39 is 15.8 Å². The van der Waals surface area contributed by atoms with Gasteiger partial charge in [-0.3, -0.25) is 0 Å². The Bertz CT molecular complexity index is 545. The van der Waals surface area contributed by atoms with E-state index in [4.69, 9.17) is 9.52 Å². The zero-order valence-electron chi connectivity index (χ0n) is 9.34. The molecular weight excluding hydrogens is 246 g/mol. The van der Waals surface area contributed by atoms with Gasteiger partial charge in [0.25, 0.3) is 0 Å². The molecule has 1 saturated heterocycles. The number of aryl methyl sites for hydroxylation is 1. The number of hydrogen-bond donors (Lipinski definition) is 1. The number of carboxylic acids is 1. The molecule has 0 radical (unpaired) electrons. The summed E-state index contributed by atoms with van der Waals surface area (Å²) < 4.78 is 27.8. The van der Waals surface area contributed by atoms with Crippen molar-refractivity contribution in [2.75, 3.05) is 11.5 Å². The first kappa shape index (κ1) is 12.1. The van der Waals surface area contributed by atoms with E-state index in [9.17, 15) is 13.2 Å². The van der Waals surface area contributed by atoms with Crippen molar-refractivity contribution < 1.29 is 22.7 Å². The van der Waals surface area contributed by atoms with Crippen LogP contribution in [0.1, 0.15) is 41.4 Å². The monoisotopic (exact) mass is 259 g/mol. The fraction of sp³-hybridized carbons (Fsp3) is 0.600. The van der Waals surface area contributed by atoms with Crippen molar-refractivity contribution in [1.82, 2.24) is 4.98 Å². The maximum atomic E-state index is 11.4. The fourth-order valence-electron chi connectivity index (χ4n) is 1.97. The van der Waals surface area contributed by atoms with Crippen molar-refractivity contribution in [1.29, 1.82) is 0 Å². The average molecular weight is 259 g/mol. The van der Waals surface area contributed by atoms with E-state index in [1.807, 2.05) is 0 Å². The normalized spacial score (nSPS) is 22.8. The van der Waals surface area contributed by atoms with Gasteiger partial charge in [0.2, 0.25) is 5.76 Å². The van der Waals surface area contributed by atoms with Crippen molar-refractivity contribution in [3.63, 3.8) is 0 Å². The molecule has 0 amide bonds. The second-order valence-electron chi connectivity index (χ2n) is 4.08. The molecule has 0 aliphatic carbocycles. The first-order valence-corrected chi connectivity index (χ1v) is 7.18. The average Bonchev–Trinajstić information content (AvgIpc) is 2.80. The molecule has 1 aromatic rings. The number of oxazole rings is 1. The molecule has 1 unspecified atom stereocenters. The highest BCUT2D eigenvalue weighted by molar-refractivity contribution is 7.91. The summed E-state index contributed by atoms with van der Waals surface area (Å²) in [6.45, 7) is 1.80. The smallest absolute Gasteiger partial charge is 0.373 e. The summed E-state index contributed by atoms with van der Waals surface area (Å²) in [7, 11) is -3.06. The van der Waals surface area contributed by atoms with Crippen LogP contribution in [-0.4, -0.2) is 36.0 Å². The van der Waals surface area contributed by atoms with Crippen molar-refractivity contribution >= 4 is 15.8 Å². The Kier molecular flexibility index (Phi) is 2.94. The van der Waals surface area contributed by atoms with Crippen LogP contribution in [-0.2, 0) is 16.3 Å². The zero-order valence-corrected chi connectivity index (χ0v) is 10.2. The van der Waals surface area contributed by atoms with Crippen LogP contribution < -0.4 is 0 Å². The van der Waals surface area contributed by atoms with Gasteiger partial charge in [-0.2, -0.15) is 0 Å². The van der Waals surface area contributed by atoms with E-state index in [2.05, 4.69) is 4.98 Å². The molecular formula is C10H13NO5S. The summed E-state index contributed by atoms with van der Waals surface area (Å²) in [5.41, 5.74) is 0.274. The van der Waals surface area contributed by atoms with Crippen molar-refractivity contribution in [2.45, 2.75) is 25.7 Å². The number of nitrogens with zero attached hydrogens (tertiary/aromatic N) is 1. The molecule has 1 N–H and O–H groups in total. The van der Waals surface area contributed by atoms with Gasteiger partial charge in [-0.15, -0.1) is 0 Å². The van der Waals surface area contributed by atoms with Crippen molar-refractivity contribution in [2.24, 2.45) is 0 Å². The van der Waals surface area contributed by atoms with Gasteiger partial charge >= 0.3 is 5.97 Å². The van der Waals surface area contributed by atoms with Crippen LogP contribution in [0.25, 0.3) is 0 Å². The Balaban J connectivity index is 2.38. The Labute approximate surface area is 98.6 Å². The number of aromatic carboxylic acids is 1. The van der Waals surface area contributed by atoms with E-state index in [0.29, 0.717) is 18.7 Å². The number of hydrogen-bond acceptors (Lipinski definition) is 5. The number of sulfone groups is 1. The molecule has 1 aliphatic rings. The number of aromatic nitrogens is 1. The maximum Gasteiger partial charge on any atom is 0.373 e. The molecule has 17 heavy (non-hydrogen) atoms. The van der Waals surface area contributed by atoms with Crippen LogP contribution in [0, 0.1) is 0 Å². The lowest BCUT2D eigenvalue weighted by atomic mass is 10.0. The minimum Gasteiger partial charge on any atom is -0.475 e. The van der Waals surface area contributed by atoms with Crippen LogP contribution in [0.2, 0.25) is 0 Å². The highest BCUT2D eigenvalue weighted by Gasteiger charge is 2.35. The van der Waals surface area contributed by atoms with E-state index >= 15 is 0 Å². The summed E-state index contributed by atoms with van der Waals surface area (Å²) >= 11 is 0. The molecule has 6 nitrogen and oxygen atoms in total. The fourth-order valence-corrected chi connectivity index (χ4v) is 3.72. The zero-order chi connectivity index (χ0) is 12.6. The molecule has 2 heterocycles. The van der Waals surface area contributed by atoms with Crippen molar-refractivity contribution in [3.8, 4) is 0 Å². The van der Waals surface area contributed by atoms with Gasteiger partial charge in [0, 0.05) is 12.3 Å². The van der Waals surface area contributed by atoms with Gasteiger partial charge in [0.1, 0.15) is 0 Å². The number of carbonyl (C=O) groups is 1. The Morgan fingerprint density at radius 1 is 1.59 bits per heavy atom. The third-order valence-corrected chi connectivity index (χ3v) is 4.58. The van der Waals surface area contributed by atoms with Gasteiger partial charge in [0.15, 0.2) is 15.7 Å². The van der Waals surface area contributed by atoms with E-state index in [0.717, 1.165) is 0 Å². The lowest BCUT2D eigenvalue weighted by Gasteiger charge is -2.02.